The van der Waals surface area contributed by atoms with Crippen LogP contribution < -0.4 is 9.62 Å². The highest BCUT2D eigenvalue weighted by Crippen LogP contribution is 2.28. The first-order valence-electron chi connectivity index (χ1n) is 13.2. The summed E-state index contributed by atoms with van der Waals surface area (Å²) in [7, 11) is -4.16. The van der Waals surface area contributed by atoms with E-state index in [0.29, 0.717) is 21.3 Å². The molecule has 2 amide bonds. The number of para-hydroxylation sites is 1. The SMILES string of the molecule is Cc1ccccc1N(CC(=O)N(Cc1ccc(Cl)cc1)C(C)C(=O)NC1CCCC1)S(=O)(=O)c1ccc(Cl)cc1. The fourth-order valence-corrected chi connectivity index (χ4v) is 6.58. The summed E-state index contributed by atoms with van der Waals surface area (Å²) in [6, 6.07) is 19.0. The van der Waals surface area contributed by atoms with Gasteiger partial charge in [-0.3, -0.25) is 13.9 Å². The number of anilines is 1. The number of nitrogens with one attached hydrogen (secondary N) is 1. The van der Waals surface area contributed by atoms with E-state index >= 15 is 0 Å². The lowest BCUT2D eigenvalue weighted by atomic mass is 10.1. The van der Waals surface area contributed by atoms with E-state index in [1.807, 2.05) is 0 Å². The maximum Gasteiger partial charge on any atom is 0.264 e. The molecule has 3 aromatic carbocycles. The Morgan fingerprint density at radius 2 is 1.50 bits per heavy atom. The van der Waals surface area contributed by atoms with E-state index in [1.54, 1.807) is 62.4 Å². The van der Waals surface area contributed by atoms with Crippen LogP contribution >= 0.6 is 23.2 Å². The van der Waals surface area contributed by atoms with Crippen molar-refractivity contribution in [3.63, 3.8) is 0 Å². The van der Waals surface area contributed by atoms with Crippen molar-refractivity contribution in [1.29, 1.82) is 0 Å². The first kappa shape index (κ1) is 29.9. The molecule has 0 heterocycles. The molecule has 0 spiro atoms. The lowest BCUT2D eigenvalue weighted by molar-refractivity contribution is -0.139. The normalized spacial score (nSPS) is 14.5. The number of hydrogen-bond acceptors (Lipinski definition) is 4. The van der Waals surface area contributed by atoms with Gasteiger partial charge >= 0.3 is 0 Å². The summed E-state index contributed by atoms with van der Waals surface area (Å²) in [6.45, 7) is 3.07. The Bertz CT molecular complexity index is 1440. The van der Waals surface area contributed by atoms with E-state index < -0.39 is 28.5 Å². The Hall–Kier alpha value is -3.07. The van der Waals surface area contributed by atoms with Crippen molar-refractivity contribution >= 4 is 50.7 Å². The maximum absolute atomic E-state index is 14.0. The number of halogens is 2. The van der Waals surface area contributed by atoms with E-state index in [4.69, 9.17) is 23.2 Å². The van der Waals surface area contributed by atoms with E-state index in [-0.39, 0.29) is 23.4 Å². The van der Waals surface area contributed by atoms with Gasteiger partial charge in [0.05, 0.1) is 10.6 Å². The number of carbonyl (C=O) groups excluding carboxylic acids is 2. The van der Waals surface area contributed by atoms with Gasteiger partial charge in [-0.25, -0.2) is 8.42 Å². The van der Waals surface area contributed by atoms with E-state index in [1.165, 1.54) is 29.2 Å². The molecule has 1 aliphatic rings. The summed E-state index contributed by atoms with van der Waals surface area (Å²) < 4.78 is 28.9. The van der Waals surface area contributed by atoms with Gasteiger partial charge in [-0.2, -0.15) is 0 Å². The quantitative estimate of drug-likeness (QED) is 0.310. The molecule has 10 heteroatoms. The van der Waals surface area contributed by atoms with Crippen molar-refractivity contribution < 1.29 is 18.0 Å². The van der Waals surface area contributed by atoms with Crippen LogP contribution in [0.1, 0.15) is 43.7 Å². The number of carbonyl (C=O) groups is 2. The van der Waals surface area contributed by atoms with Crippen LogP contribution in [0.15, 0.2) is 77.7 Å². The topological polar surface area (TPSA) is 86.8 Å². The van der Waals surface area contributed by atoms with Crippen LogP contribution in [-0.2, 0) is 26.2 Å². The van der Waals surface area contributed by atoms with Gasteiger partial charge in [0, 0.05) is 22.6 Å². The van der Waals surface area contributed by atoms with E-state index in [9.17, 15) is 18.0 Å². The van der Waals surface area contributed by atoms with E-state index in [0.717, 1.165) is 35.6 Å². The molecule has 1 saturated carbocycles. The van der Waals surface area contributed by atoms with Gasteiger partial charge in [-0.1, -0.05) is 66.4 Å². The molecule has 0 bridgehead atoms. The molecule has 7 nitrogen and oxygen atoms in total. The van der Waals surface area contributed by atoms with Crippen molar-refractivity contribution in [2.45, 2.75) is 63.1 Å². The standard InChI is InChI=1S/C30H33Cl2N3O4S/c1-21-7-3-6-10-28(21)35(40(38,39)27-17-15-25(32)16-18-27)20-29(36)34(19-23-11-13-24(31)14-12-23)22(2)30(37)33-26-8-4-5-9-26/h3,6-7,10-18,22,26H,4-5,8-9,19-20H2,1-2H3,(H,33,37). The molecule has 1 N–H and O–H groups in total. The van der Waals surface area contributed by atoms with Gasteiger partial charge in [-0.05, 0) is 80.3 Å². The van der Waals surface area contributed by atoms with Crippen molar-refractivity contribution in [3.8, 4) is 0 Å². The van der Waals surface area contributed by atoms with Gasteiger partial charge in [0.15, 0.2) is 0 Å². The zero-order valence-electron chi connectivity index (χ0n) is 22.5. The van der Waals surface area contributed by atoms with Crippen LogP contribution in [-0.4, -0.2) is 43.8 Å². The lowest BCUT2D eigenvalue weighted by Crippen LogP contribution is -2.52. The van der Waals surface area contributed by atoms with Crippen LogP contribution in [0.4, 0.5) is 5.69 Å². The monoisotopic (exact) mass is 601 g/mol. The summed E-state index contributed by atoms with van der Waals surface area (Å²) in [5.74, 6) is -0.776. The van der Waals surface area contributed by atoms with Crippen molar-refractivity contribution in [1.82, 2.24) is 10.2 Å². The Kier molecular flexibility index (Phi) is 9.77. The second kappa shape index (κ2) is 13.1. The molecular formula is C30H33Cl2N3O4S. The minimum absolute atomic E-state index is 0.00392. The first-order valence-corrected chi connectivity index (χ1v) is 15.4. The highest BCUT2D eigenvalue weighted by Gasteiger charge is 2.33. The smallest absolute Gasteiger partial charge is 0.264 e. The predicted octanol–water partition coefficient (Wildman–Crippen LogP) is 5.97. The first-order chi connectivity index (χ1) is 19.1. The highest BCUT2D eigenvalue weighted by atomic mass is 35.5. The average molecular weight is 603 g/mol. The molecule has 0 saturated heterocycles. The van der Waals surface area contributed by atoms with Crippen molar-refractivity contribution in [2.24, 2.45) is 0 Å². The number of hydrogen-bond donors (Lipinski definition) is 1. The van der Waals surface area contributed by atoms with Crippen LogP contribution in [0.5, 0.6) is 0 Å². The van der Waals surface area contributed by atoms with Crippen LogP contribution in [0.2, 0.25) is 10.0 Å². The maximum atomic E-state index is 14.0. The Morgan fingerprint density at radius 3 is 2.10 bits per heavy atom. The third-order valence-corrected chi connectivity index (χ3v) is 9.48. The molecule has 1 aliphatic carbocycles. The molecule has 4 rings (SSSR count). The van der Waals surface area contributed by atoms with Gasteiger partial charge < -0.3 is 10.2 Å². The molecular weight excluding hydrogens is 569 g/mol. The molecule has 0 aromatic heterocycles. The summed E-state index contributed by atoms with van der Waals surface area (Å²) in [5.41, 5.74) is 1.82. The Labute approximate surface area is 246 Å². The fourth-order valence-electron chi connectivity index (χ4n) is 4.85. The van der Waals surface area contributed by atoms with Gasteiger partial charge in [-0.15, -0.1) is 0 Å². The molecule has 0 aliphatic heterocycles. The molecule has 3 aromatic rings. The third-order valence-electron chi connectivity index (χ3n) is 7.20. The zero-order chi connectivity index (χ0) is 28.9. The minimum atomic E-state index is -4.16. The summed E-state index contributed by atoms with van der Waals surface area (Å²) in [6.07, 6.45) is 3.93. The van der Waals surface area contributed by atoms with Gasteiger partial charge in [0.2, 0.25) is 11.8 Å². The molecule has 1 fully saturated rings. The summed E-state index contributed by atoms with van der Waals surface area (Å²) in [5, 5.41) is 4.01. The van der Waals surface area contributed by atoms with Gasteiger partial charge in [0.25, 0.3) is 10.0 Å². The Balaban J connectivity index is 1.69. The van der Waals surface area contributed by atoms with Crippen molar-refractivity contribution in [2.75, 3.05) is 10.8 Å². The van der Waals surface area contributed by atoms with Crippen LogP contribution in [0.25, 0.3) is 0 Å². The number of aryl methyl sites for hydroxylation is 1. The van der Waals surface area contributed by atoms with Crippen LogP contribution in [0.3, 0.4) is 0 Å². The third kappa shape index (κ3) is 7.16. The second-order valence-corrected chi connectivity index (χ2v) is 12.8. The Morgan fingerprint density at radius 1 is 0.925 bits per heavy atom. The average Bonchev–Trinajstić information content (AvgIpc) is 3.44. The van der Waals surface area contributed by atoms with Gasteiger partial charge in [0.1, 0.15) is 12.6 Å². The predicted molar refractivity (Wildman–Crippen MR) is 159 cm³/mol. The van der Waals surface area contributed by atoms with Crippen molar-refractivity contribution in [3.05, 3.63) is 94.0 Å². The molecule has 1 unspecified atom stereocenters. The molecule has 40 heavy (non-hydrogen) atoms. The largest absolute Gasteiger partial charge is 0.352 e. The van der Waals surface area contributed by atoms with Crippen LogP contribution in [0, 0.1) is 6.92 Å². The molecule has 1 atom stereocenters. The number of nitrogens with zero attached hydrogens (tertiary/aromatic N) is 2. The number of amides is 2. The number of sulfonamides is 1. The highest BCUT2D eigenvalue weighted by molar-refractivity contribution is 7.92. The minimum Gasteiger partial charge on any atom is -0.352 e. The molecule has 0 radical (unpaired) electrons. The summed E-state index contributed by atoms with van der Waals surface area (Å²) in [4.78, 5) is 28.7. The number of rotatable bonds is 10. The lowest BCUT2D eigenvalue weighted by Gasteiger charge is -2.33. The molecule has 212 valence electrons. The second-order valence-electron chi connectivity index (χ2n) is 10.1. The van der Waals surface area contributed by atoms with E-state index in [2.05, 4.69) is 5.32 Å². The summed E-state index contributed by atoms with van der Waals surface area (Å²) >= 11 is 12.1. The zero-order valence-corrected chi connectivity index (χ0v) is 24.8. The number of benzene rings is 3. The fraction of sp³-hybridized carbons (Fsp3) is 0.333.